The van der Waals surface area contributed by atoms with Crippen LogP contribution in [0.15, 0.2) is 35.4 Å². The normalized spacial score (nSPS) is 12.2. The lowest BCUT2D eigenvalue weighted by atomic mass is 9.98. The molecule has 0 amide bonds. The van der Waals surface area contributed by atoms with Crippen molar-refractivity contribution < 1.29 is 0 Å². The van der Waals surface area contributed by atoms with Gasteiger partial charge in [-0.25, -0.2) is 9.98 Å². The summed E-state index contributed by atoms with van der Waals surface area (Å²) in [4.78, 5) is 15.1. The van der Waals surface area contributed by atoms with Crippen LogP contribution in [0.2, 0.25) is 0 Å². The van der Waals surface area contributed by atoms with Crippen LogP contribution in [-0.4, -0.2) is 20.7 Å². The van der Waals surface area contributed by atoms with Crippen LogP contribution in [-0.2, 0) is 0 Å². The fourth-order valence-electron chi connectivity index (χ4n) is 2.03. The second-order valence-corrected chi connectivity index (χ2v) is 4.77. The lowest BCUT2D eigenvalue weighted by Crippen LogP contribution is -1.92. The van der Waals surface area contributed by atoms with Crippen LogP contribution in [0.25, 0.3) is 5.57 Å². The molecule has 0 unspecified atom stereocenters. The smallest absolute Gasteiger partial charge is 0.177 e. The highest BCUT2D eigenvalue weighted by molar-refractivity contribution is 5.87. The average molecular weight is 256 g/mol. The van der Waals surface area contributed by atoms with Gasteiger partial charge in [0.05, 0.1) is 12.0 Å². The van der Waals surface area contributed by atoms with Crippen molar-refractivity contribution in [3.8, 4) is 0 Å². The Morgan fingerprint density at radius 2 is 2.11 bits per heavy atom. The Kier molecular flexibility index (Phi) is 4.00. The van der Waals surface area contributed by atoms with Gasteiger partial charge in [-0.1, -0.05) is 12.5 Å². The molecule has 2 aromatic heterocycles. The van der Waals surface area contributed by atoms with E-state index in [-0.39, 0.29) is 0 Å². The summed E-state index contributed by atoms with van der Waals surface area (Å²) in [6.45, 7) is 8.26. The van der Waals surface area contributed by atoms with E-state index in [1.165, 1.54) is 11.1 Å². The van der Waals surface area contributed by atoms with E-state index in [2.05, 4.69) is 39.9 Å². The van der Waals surface area contributed by atoms with Gasteiger partial charge >= 0.3 is 0 Å². The fourth-order valence-corrected chi connectivity index (χ4v) is 2.03. The third-order valence-corrected chi connectivity index (χ3v) is 3.04. The van der Waals surface area contributed by atoms with Crippen LogP contribution in [0.4, 0.5) is 5.82 Å². The number of aromatic nitrogens is 3. The van der Waals surface area contributed by atoms with Crippen molar-refractivity contribution in [2.45, 2.75) is 34.1 Å². The van der Waals surface area contributed by atoms with E-state index < -0.39 is 0 Å². The molecule has 19 heavy (non-hydrogen) atoms. The third kappa shape index (κ3) is 2.84. The molecular weight excluding hydrogens is 236 g/mol. The predicted molar refractivity (Wildman–Crippen MR) is 79.8 cm³/mol. The number of aromatic amines is 2. The summed E-state index contributed by atoms with van der Waals surface area (Å²) >= 11 is 0. The lowest BCUT2D eigenvalue weighted by Gasteiger charge is -2.09. The first-order valence-corrected chi connectivity index (χ1v) is 6.52. The molecule has 0 fully saturated rings. The molecular formula is C15H20N4. The molecule has 0 saturated carbocycles. The number of imidazole rings is 1. The van der Waals surface area contributed by atoms with Gasteiger partial charge in [0.25, 0.3) is 0 Å². The maximum atomic E-state index is 4.50. The standard InChI is InChI=1S/C15H20N4/c1-5-11(4)13(12-6-7-16-8-12)14-15(18-9-17-14)19-10(2)3/h6-9,16H,5H2,1-4H3,(H,17,18)/b13-11+. The zero-order chi connectivity index (χ0) is 13.8. The average Bonchev–Trinajstić information content (AvgIpc) is 3.02. The summed E-state index contributed by atoms with van der Waals surface area (Å²) in [6.07, 6.45) is 6.63. The highest BCUT2D eigenvalue weighted by atomic mass is 15.0. The molecule has 2 N–H and O–H groups in total. The van der Waals surface area contributed by atoms with Gasteiger partial charge in [0, 0.05) is 29.2 Å². The topological polar surface area (TPSA) is 56.8 Å². The Labute approximate surface area is 113 Å². The second kappa shape index (κ2) is 5.69. The number of H-pyrrole nitrogens is 2. The molecule has 4 nitrogen and oxygen atoms in total. The number of hydrogen-bond acceptors (Lipinski definition) is 2. The van der Waals surface area contributed by atoms with E-state index in [0.717, 1.165) is 29.2 Å². The summed E-state index contributed by atoms with van der Waals surface area (Å²) in [5, 5.41) is 0. The third-order valence-electron chi connectivity index (χ3n) is 3.04. The Bertz CT molecular complexity index is 596. The number of aliphatic imine (C=N–C) groups is 1. The molecule has 0 aromatic carbocycles. The molecule has 0 saturated heterocycles. The first-order valence-electron chi connectivity index (χ1n) is 6.52. The SMILES string of the molecule is CC/C(C)=C(\c1cc[nH]c1)c1[nH]cnc1N=C(C)C. The molecule has 0 aliphatic rings. The molecule has 2 heterocycles. The molecule has 0 spiro atoms. The Hall–Kier alpha value is -2.10. The predicted octanol–water partition coefficient (Wildman–Crippen LogP) is 4.08. The van der Waals surface area contributed by atoms with Crippen molar-refractivity contribution in [3.05, 3.63) is 41.6 Å². The van der Waals surface area contributed by atoms with E-state index in [0.29, 0.717) is 0 Å². The molecule has 2 rings (SSSR count). The summed E-state index contributed by atoms with van der Waals surface area (Å²) in [5.74, 6) is 0.754. The minimum absolute atomic E-state index is 0.754. The van der Waals surface area contributed by atoms with Crippen LogP contribution >= 0.6 is 0 Å². The highest BCUT2D eigenvalue weighted by Crippen LogP contribution is 2.32. The monoisotopic (exact) mass is 256 g/mol. The minimum Gasteiger partial charge on any atom is -0.367 e. The van der Waals surface area contributed by atoms with Crippen LogP contribution in [0.1, 0.15) is 45.4 Å². The molecule has 4 heteroatoms. The summed E-state index contributed by atoms with van der Waals surface area (Å²) in [6, 6.07) is 2.07. The van der Waals surface area contributed by atoms with E-state index in [1.807, 2.05) is 26.2 Å². The first-order chi connectivity index (χ1) is 9.13. The highest BCUT2D eigenvalue weighted by Gasteiger charge is 2.15. The van der Waals surface area contributed by atoms with Crippen LogP contribution in [0, 0.1) is 0 Å². The van der Waals surface area contributed by atoms with Gasteiger partial charge in [0.2, 0.25) is 0 Å². The zero-order valence-electron chi connectivity index (χ0n) is 11.9. The second-order valence-electron chi connectivity index (χ2n) is 4.77. The largest absolute Gasteiger partial charge is 0.367 e. The number of allylic oxidation sites excluding steroid dienone is 1. The van der Waals surface area contributed by atoms with Gasteiger partial charge in [0.15, 0.2) is 5.82 Å². The van der Waals surface area contributed by atoms with E-state index in [1.54, 1.807) is 6.33 Å². The Balaban J connectivity index is 2.59. The maximum Gasteiger partial charge on any atom is 0.177 e. The fraction of sp³-hybridized carbons (Fsp3) is 0.333. The summed E-state index contributed by atoms with van der Waals surface area (Å²) in [5.41, 5.74) is 5.64. The maximum absolute atomic E-state index is 4.50. The Morgan fingerprint density at radius 1 is 1.32 bits per heavy atom. The number of nitrogens with one attached hydrogen (secondary N) is 2. The Morgan fingerprint density at radius 3 is 2.68 bits per heavy atom. The molecule has 0 aliphatic heterocycles. The van der Waals surface area contributed by atoms with Gasteiger partial charge in [-0.2, -0.15) is 0 Å². The van der Waals surface area contributed by atoms with E-state index in [9.17, 15) is 0 Å². The summed E-state index contributed by atoms with van der Waals surface area (Å²) < 4.78 is 0. The van der Waals surface area contributed by atoms with Gasteiger partial charge in [-0.05, 0) is 33.3 Å². The van der Waals surface area contributed by atoms with Crippen molar-refractivity contribution in [3.63, 3.8) is 0 Å². The molecule has 0 atom stereocenters. The number of hydrogen-bond donors (Lipinski definition) is 2. The first kappa shape index (κ1) is 13.3. The van der Waals surface area contributed by atoms with Gasteiger partial charge < -0.3 is 9.97 Å². The summed E-state index contributed by atoms with van der Waals surface area (Å²) in [7, 11) is 0. The van der Waals surface area contributed by atoms with Crippen molar-refractivity contribution in [1.82, 2.24) is 15.0 Å². The van der Waals surface area contributed by atoms with Crippen LogP contribution < -0.4 is 0 Å². The van der Waals surface area contributed by atoms with Crippen molar-refractivity contribution in [2.75, 3.05) is 0 Å². The van der Waals surface area contributed by atoms with Gasteiger partial charge in [0.1, 0.15) is 0 Å². The van der Waals surface area contributed by atoms with Crippen LogP contribution in [0.3, 0.4) is 0 Å². The minimum atomic E-state index is 0.754. The zero-order valence-corrected chi connectivity index (χ0v) is 11.9. The molecule has 2 aromatic rings. The molecule has 0 aliphatic carbocycles. The number of rotatable bonds is 4. The van der Waals surface area contributed by atoms with Gasteiger partial charge in [-0.15, -0.1) is 0 Å². The lowest BCUT2D eigenvalue weighted by molar-refractivity contribution is 1.10. The molecule has 0 radical (unpaired) electrons. The van der Waals surface area contributed by atoms with E-state index in [4.69, 9.17) is 0 Å². The quantitative estimate of drug-likeness (QED) is 0.795. The van der Waals surface area contributed by atoms with Crippen molar-refractivity contribution in [1.29, 1.82) is 0 Å². The number of nitrogens with zero attached hydrogens (tertiary/aromatic N) is 2. The molecule has 0 bridgehead atoms. The van der Waals surface area contributed by atoms with Crippen LogP contribution in [0.5, 0.6) is 0 Å². The van der Waals surface area contributed by atoms with Gasteiger partial charge in [-0.3, -0.25) is 0 Å². The van der Waals surface area contributed by atoms with E-state index >= 15 is 0 Å². The van der Waals surface area contributed by atoms with Crippen molar-refractivity contribution in [2.24, 2.45) is 4.99 Å². The molecule has 100 valence electrons. The van der Waals surface area contributed by atoms with Crippen molar-refractivity contribution >= 4 is 17.1 Å².